The molecule has 1 heterocycles. The molecular weight excluding hydrogens is 313 g/mol. The van der Waals surface area contributed by atoms with Crippen molar-refractivity contribution in [3.05, 3.63) is 30.1 Å². The number of likely N-dealkylation sites (tertiary alicyclic amines) is 1. The van der Waals surface area contributed by atoms with Gasteiger partial charge in [-0.05, 0) is 25.0 Å². The van der Waals surface area contributed by atoms with Crippen LogP contribution in [0.2, 0.25) is 0 Å². The Kier molecular flexibility index (Phi) is 4.85. The topological polar surface area (TPSA) is 66.8 Å². The minimum Gasteiger partial charge on any atom is -0.488 e. The second-order valence-corrected chi connectivity index (χ2v) is 6.72. The Morgan fingerprint density at radius 1 is 1.21 bits per heavy atom. The standard InChI is InChI=1S/C18H22FNO4/c19-14-6-2-3-7-15(14)24-12-13(21)11-20-16(22)10-18(17(20)23)8-4-1-5-9-18/h2-3,6-7,13,21H,1,4-5,8-12H2. The van der Waals surface area contributed by atoms with Crippen molar-refractivity contribution in [3.63, 3.8) is 0 Å². The summed E-state index contributed by atoms with van der Waals surface area (Å²) in [6.45, 7) is -0.279. The molecule has 2 fully saturated rings. The first-order valence-corrected chi connectivity index (χ1v) is 8.42. The van der Waals surface area contributed by atoms with Gasteiger partial charge in [0.2, 0.25) is 11.8 Å². The van der Waals surface area contributed by atoms with Gasteiger partial charge in [0, 0.05) is 6.42 Å². The maximum atomic E-state index is 13.5. The molecule has 130 valence electrons. The zero-order valence-corrected chi connectivity index (χ0v) is 13.5. The summed E-state index contributed by atoms with van der Waals surface area (Å²) in [5.74, 6) is -0.873. The van der Waals surface area contributed by atoms with Gasteiger partial charge in [0.25, 0.3) is 0 Å². The van der Waals surface area contributed by atoms with Crippen molar-refractivity contribution in [1.29, 1.82) is 0 Å². The van der Waals surface area contributed by atoms with Crippen molar-refractivity contribution in [1.82, 2.24) is 4.90 Å². The van der Waals surface area contributed by atoms with E-state index in [0.29, 0.717) is 0 Å². The lowest BCUT2D eigenvalue weighted by Crippen LogP contribution is -2.42. The highest BCUT2D eigenvalue weighted by molar-refractivity contribution is 6.05. The van der Waals surface area contributed by atoms with Gasteiger partial charge >= 0.3 is 0 Å². The van der Waals surface area contributed by atoms with Crippen molar-refractivity contribution in [2.24, 2.45) is 5.41 Å². The first-order chi connectivity index (χ1) is 11.5. The van der Waals surface area contributed by atoms with Crippen LogP contribution in [0.5, 0.6) is 5.75 Å². The number of hydrogen-bond acceptors (Lipinski definition) is 4. The molecule has 0 bridgehead atoms. The van der Waals surface area contributed by atoms with Crippen LogP contribution in [0.15, 0.2) is 24.3 Å². The lowest BCUT2D eigenvalue weighted by atomic mass is 9.73. The normalized spacial score (nSPS) is 21.3. The molecule has 1 saturated carbocycles. The fourth-order valence-electron chi connectivity index (χ4n) is 3.68. The van der Waals surface area contributed by atoms with E-state index >= 15 is 0 Å². The summed E-state index contributed by atoms with van der Waals surface area (Å²) < 4.78 is 18.7. The van der Waals surface area contributed by atoms with E-state index in [1.807, 2.05) is 0 Å². The van der Waals surface area contributed by atoms with Gasteiger partial charge in [-0.2, -0.15) is 0 Å². The number of nitrogens with zero attached hydrogens (tertiary/aromatic N) is 1. The van der Waals surface area contributed by atoms with E-state index in [0.717, 1.165) is 37.0 Å². The van der Waals surface area contributed by atoms with E-state index in [1.54, 1.807) is 12.1 Å². The SMILES string of the molecule is O=C1CC2(CCCCC2)C(=O)N1CC(O)COc1ccccc1F. The molecule has 1 spiro atoms. The smallest absolute Gasteiger partial charge is 0.235 e. The first-order valence-electron chi connectivity index (χ1n) is 8.42. The summed E-state index contributed by atoms with van der Waals surface area (Å²) in [5.41, 5.74) is -0.554. The van der Waals surface area contributed by atoms with Gasteiger partial charge in [0.1, 0.15) is 12.7 Å². The van der Waals surface area contributed by atoms with Crippen molar-refractivity contribution in [3.8, 4) is 5.75 Å². The molecule has 1 aliphatic heterocycles. The average Bonchev–Trinajstić information content (AvgIpc) is 2.79. The number of benzene rings is 1. The van der Waals surface area contributed by atoms with Gasteiger partial charge in [-0.25, -0.2) is 4.39 Å². The number of aliphatic hydroxyl groups is 1. The summed E-state index contributed by atoms with van der Waals surface area (Å²) in [5, 5.41) is 10.1. The zero-order valence-electron chi connectivity index (χ0n) is 13.5. The molecule has 1 unspecified atom stereocenters. The minimum absolute atomic E-state index is 0.0411. The van der Waals surface area contributed by atoms with Crippen LogP contribution in [-0.2, 0) is 9.59 Å². The summed E-state index contributed by atoms with van der Waals surface area (Å²) in [6, 6.07) is 5.91. The van der Waals surface area contributed by atoms with Gasteiger partial charge in [-0.3, -0.25) is 14.5 Å². The number of ether oxygens (including phenoxy) is 1. The molecule has 2 amide bonds. The Morgan fingerprint density at radius 2 is 1.92 bits per heavy atom. The van der Waals surface area contributed by atoms with Gasteiger partial charge in [0.05, 0.1) is 12.0 Å². The van der Waals surface area contributed by atoms with E-state index in [4.69, 9.17) is 4.74 Å². The maximum absolute atomic E-state index is 13.5. The van der Waals surface area contributed by atoms with E-state index < -0.39 is 17.3 Å². The Labute approximate surface area is 140 Å². The molecule has 24 heavy (non-hydrogen) atoms. The molecule has 1 aliphatic carbocycles. The summed E-state index contributed by atoms with van der Waals surface area (Å²) in [7, 11) is 0. The molecule has 1 atom stereocenters. The predicted molar refractivity (Wildman–Crippen MR) is 84.8 cm³/mol. The third-order valence-corrected chi connectivity index (χ3v) is 4.96. The summed E-state index contributed by atoms with van der Waals surface area (Å²) >= 11 is 0. The van der Waals surface area contributed by atoms with Crippen molar-refractivity contribution < 1.29 is 23.8 Å². The van der Waals surface area contributed by atoms with Crippen LogP contribution in [0.25, 0.3) is 0 Å². The Hall–Kier alpha value is -1.95. The van der Waals surface area contributed by atoms with Gasteiger partial charge in [0.15, 0.2) is 11.6 Å². The highest BCUT2D eigenvalue weighted by Crippen LogP contribution is 2.45. The Bertz CT molecular complexity index is 627. The molecule has 5 nitrogen and oxygen atoms in total. The summed E-state index contributed by atoms with van der Waals surface area (Å²) in [6.07, 6.45) is 3.72. The van der Waals surface area contributed by atoms with Gasteiger partial charge < -0.3 is 9.84 Å². The number of β-amino-alcohol motifs (C(OH)–C–C–N with tert-alkyl or cyclic N) is 1. The van der Waals surface area contributed by atoms with Crippen molar-refractivity contribution >= 4 is 11.8 Å². The number of aliphatic hydroxyl groups excluding tert-OH is 1. The third kappa shape index (κ3) is 3.29. The van der Waals surface area contributed by atoms with Crippen LogP contribution in [0.1, 0.15) is 38.5 Å². The van der Waals surface area contributed by atoms with Crippen LogP contribution >= 0.6 is 0 Å². The quantitative estimate of drug-likeness (QED) is 0.838. The van der Waals surface area contributed by atoms with E-state index in [1.165, 1.54) is 12.1 Å². The van der Waals surface area contributed by atoms with Gasteiger partial charge in [-0.15, -0.1) is 0 Å². The number of carbonyl (C=O) groups is 2. The average molecular weight is 335 g/mol. The molecule has 2 aliphatic rings. The minimum atomic E-state index is -1.05. The number of carbonyl (C=O) groups excluding carboxylic acids is 2. The number of hydrogen-bond donors (Lipinski definition) is 1. The molecule has 1 aromatic rings. The molecule has 0 radical (unpaired) electrons. The Balaban J connectivity index is 1.58. The monoisotopic (exact) mass is 335 g/mol. The molecule has 3 rings (SSSR count). The highest BCUT2D eigenvalue weighted by Gasteiger charge is 2.51. The van der Waals surface area contributed by atoms with Crippen LogP contribution in [0.4, 0.5) is 4.39 Å². The Morgan fingerprint density at radius 3 is 2.62 bits per heavy atom. The molecular formula is C18H22FNO4. The van der Waals surface area contributed by atoms with Crippen molar-refractivity contribution in [2.45, 2.75) is 44.6 Å². The lowest BCUT2D eigenvalue weighted by Gasteiger charge is -2.30. The van der Waals surface area contributed by atoms with Crippen LogP contribution in [0.3, 0.4) is 0 Å². The fourth-order valence-corrected chi connectivity index (χ4v) is 3.68. The lowest BCUT2D eigenvalue weighted by molar-refractivity contribution is -0.144. The fraction of sp³-hybridized carbons (Fsp3) is 0.556. The second kappa shape index (κ2) is 6.89. The highest BCUT2D eigenvalue weighted by atomic mass is 19.1. The maximum Gasteiger partial charge on any atom is 0.235 e. The number of para-hydroxylation sites is 1. The molecule has 1 saturated heterocycles. The molecule has 1 aromatic carbocycles. The molecule has 0 aromatic heterocycles. The first kappa shape index (κ1) is 16.9. The number of amides is 2. The zero-order chi connectivity index (χ0) is 17.2. The number of imide groups is 1. The number of rotatable bonds is 5. The van der Waals surface area contributed by atoms with Crippen LogP contribution < -0.4 is 4.74 Å². The molecule has 6 heteroatoms. The summed E-state index contributed by atoms with van der Waals surface area (Å²) in [4.78, 5) is 26.0. The van der Waals surface area contributed by atoms with Crippen LogP contribution in [0, 0.1) is 11.2 Å². The largest absolute Gasteiger partial charge is 0.488 e. The van der Waals surface area contributed by atoms with Gasteiger partial charge in [-0.1, -0.05) is 31.4 Å². The predicted octanol–water partition coefficient (Wildman–Crippen LogP) is 2.27. The second-order valence-electron chi connectivity index (χ2n) is 6.72. The van der Waals surface area contributed by atoms with E-state index in [-0.39, 0.29) is 37.1 Å². The molecule has 1 N–H and O–H groups in total. The third-order valence-electron chi connectivity index (χ3n) is 4.96. The number of halogens is 1. The van der Waals surface area contributed by atoms with Crippen molar-refractivity contribution in [2.75, 3.05) is 13.2 Å². The van der Waals surface area contributed by atoms with Crippen LogP contribution in [-0.4, -0.2) is 41.1 Å². The van der Waals surface area contributed by atoms with E-state index in [2.05, 4.69) is 0 Å². The van der Waals surface area contributed by atoms with E-state index in [9.17, 15) is 19.1 Å².